The summed E-state index contributed by atoms with van der Waals surface area (Å²) in [5.74, 6) is 0.416. The Bertz CT molecular complexity index is 708. The molecule has 7 heteroatoms. The second-order valence-electron chi connectivity index (χ2n) is 3.59. The monoisotopic (exact) mass is 258 g/mol. The minimum atomic E-state index is 0.416. The Balaban J connectivity index is 2.27. The van der Waals surface area contributed by atoms with Crippen molar-refractivity contribution in [3.8, 4) is 11.3 Å². The number of aromatic nitrogens is 5. The first kappa shape index (κ1) is 11.0. The summed E-state index contributed by atoms with van der Waals surface area (Å²) in [6.07, 6.45) is 6.99. The number of nitrogen functional groups attached to an aromatic ring is 1. The molecule has 0 saturated heterocycles. The summed E-state index contributed by atoms with van der Waals surface area (Å²) in [5, 5.41) is 5.09. The van der Waals surface area contributed by atoms with E-state index in [0.717, 1.165) is 16.3 Å². The van der Waals surface area contributed by atoms with Crippen molar-refractivity contribution in [1.29, 1.82) is 0 Å². The van der Waals surface area contributed by atoms with Gasteiger partial charge < -0.3 is 5.73 Å². The Hall–Kier alpha value is -2.15. The lowest BCUT2D eigenvalue weighted by molar-refractivity contribution is 0.945. The molecule has 0 spiro atoms. The van der Waals surface area contributed by atoms with Gasteiger partial charge in [-0.25, -0.2) is 19.5 Å². The van der Waals surface area contributed by atoms with Crippen molar-refractivity contribution >= 4 is 23.2 Å². The van der Waals surface area contributed by atoms with Gasteiger partial charge in [0.2, 0.25) is 0 Å². The van der Waals surface area contributed by atoms with Gasteiger partial charge in [-0.3, -0.25) is 0 Å². The van der Waals surface area contributed by atoms with E-state index < -0.39 is 0 Å². The van der Waals surface area contributed by atoms with Crippen molar-refractivity contribution in [1.82, 2.24) is 24.6 Å². The van der Waals surface area contributed by atoms with Crippen LogP contribution < -0.4 is 5.73 Å². The maximum Gasteiger partial charge on any atom is 0.166 e. The zero-order chi connectivity index (χ0) is 12.5. The SMILES string of the molecule is CSc1cc(-c2c(N)nn3cccnc23)ncn1. The average Bonchev–Trinajstić information content (AvgIpc) is 2.74. The Morgan fingerprint density at radius 3 is 3.00 bits per heavy atom. The second kappa shape index (κ2) is 4.26. The number of nitrogens with two attached hydrogens (primary N) is 1. The van der Waals surface area contributed by atoms with Gasteiger partial charge in [0.1, 0.15) is 6.33 Å². The van der Waals surface area contributed by atoms with Crippen molar-refractivity contribution in [2.24, 2.45) is 0 Å². The third-order valence-electron chi connectivity index (χ3n) is 2.53. The molecule has 90 valence electrons. The molecule has 2 N–H and O–H groups in total. The van der Waals surface area contributed by atoms with Gasteiger partial charge >= 0.3 is 0 Å². The van der Waals surface area contributed by atoms with Crippen LogP contribution >= 0.6 is 11.8 Å². The van der Waals surface area contributed by atoms with Crippen LogP contribution in [0.1, 0.15) is 0 Å². The van der Waals surface area contributed by atoms with Crippen LogP contribution in [-0.4, -0.2) is 30.8 Å². The number of anilines is 1. The first-order valence-corrected chi connectivity index (χ1v) is 6.47. The van der Waals surface area contributed by atoms with Crippen LogP contribution in [0.25, 0.3) is 16.9 Å². The molecular weight excluding hydrogens is 248 g/mol. The summed E-state index contributed by atoms with van der Waals surface area (Å²) < 4.78 is 1.64. The standard InChI is InChI=1S/C11H10N6S/c1-18-8-5-7(14-6-15-8)9-10(12)16-17-4-2-3-13-11(9)17/h2-6H,1H3,(H2,12,16). The normalized spacial score (nSPS) is 10.9. The molecule has 3 rings (SSSR count). The lowest BCUT2D eigenvalue weighted by atomic mass is 10.2. The van der Waals surface area contributed by atoms with Crippen LogP contribution in [-0.2, 0) is 0 Å². The van der Waals surface area contributed by atoms with Gasteiger partial charge in [0, 0.05) is 12.4 Å². The molecule has 0 radical (unpaired) electrons. The molecule has 3 heterocycles. The lowest BCUT2D eigenvalue weighted by Gasteiger charge is -2.00. The van der Waals surface area contributed by atoms with Crippen LogP contribution in [0.5, 0.6) is 0 Å². The van der Waals surface area contributed by atoms with Crippen LogP contribution in [0.3, 0.4) is 0 Å². The van der Waals surface area contributed by atoms with Gasteiger partial charge in [-0.05, 0) is 18.4 Å². The maximum atomic E-state index is 5.94. The fraction of sp³-hybridized carbons (Fsp3) is 0.0909. The van der Waals surface area contributed by atoms with E-state index in [1.54, 1.807) is 34.7 Å². The number of hydrogen-bond donors (Lipinski definition) is 1. The van der Waals surface area contributed by atoms with E-state index in [9.17, 15) is 0 Å². The summed E-state index contributed by atoms with van der Waals surface area (Å²) in [5.41, 5.74) is 8.11. The van der Waals surface area contributed by atoms with Crippen molar-refractivity contribution in [2.45, 2.75) is 5.03 Å². The van der Waals surface area contributed by atoms with Gasteiger partial charge in [0.05, 0.1) is 16.3 Å². The highest BCUT2D eigenvalue weighted by atomic mass is 32.2. The third-order valence-corrected chi connectivity index (χ3v) is 3.17. The smallest absolute Gasteiger partial charge is 0.166 e. The largest absolute Gasteiger partial charge is 0.382 e. The molecule has 0 amide bonds. The minimum Gasteiger partial charge on any atom is -0.382 e. The molecular formula is C11H10N6S. The molecule has 0 aliphatic heterocycles. The first-order valence-electron chi connectivity index (χ1n) is 5.25. The average molecular weight is 258 g/mol. The minimum absolute atomic E-state index is 0.416. The Labute approximate surface area is 107 Å². The number of hydrogen-bond acceptors (Lipinski definition) is 6. The van der Waals surface area contributed by atoms with E-state index in [-0.39, 0.29) is 0 Å². The highest BCUT2D eigenvalue weighted by molar-refractivity contribution is 7.98. The zero-order valence-corrected chi connectivity index (χ0v) is 10.4. The van der Waals surface area contributed by atoms with E-state index in [0.29, 0.717) is 11.5 Å². The first-order chi connectivity index (χ1) is 8.79. The van der Waals surface area contributed by atoms with Gasteiger partial charge in [0.25, 0.3) is 0 Å². The predicted octanol–water partition coefficient (Wildman–Crippen LogP) is 1.49. The van der Waals surface area contributed by atoms with Crippen molar-refractivity contribution in [2.75, 3.05) is 12.0 Å². The highest BCUT2D eigenvalue weighted by Gasteiger charge is 2.14. The van der Waals surface area contributed by atoms with Crippen LogP contribution in [0.2, 0.25) is 0 Å². The molecule has 3 aromatic heterocycles. The number of fused-ring (bicyclic) bond motifs is 1. The molecule has 0 fully saturated rings. The van der Waals surface area contributed by atoms with E-state index in [1.807, 2.05) is 12.3 Å². The number of thioether (sulfide) groups is 1. The van der Waals surface area contributed by atoms with Crippen molar-refractivity contribution < 1.29 is 0 Å². The molecule has 6 nitrogen and oxygen atoms in total. The lowest BCUT2D eigenvalue weighted by Crippen LogP contribution is -1.92. The van der Waals surface area contributed by atoms with Gasteiger partial charge in [-0.15, -0.1) is 16.9 Å². The molecule has 0 unspecified atom stereocenters. The number of rotatable bonds is 2. The molecule has 3 aromatic rings. The summed E-state index contributed by atoms with van der Waals surface area (Å²) in [7, 11) is 0. The van der Waals surface area contributed by atoms with E-state index >= 15 is 0 Å². The van der Waals surface area contributed by atoms with Gasteiger partial charge in [-0.2, -0.15) is 0 Å². The summed E-state index contributed by atoms with van der Waals surface area (Å²) >= 11 is 1.55. The Morgan fingerprint density at radius 2 is 2.17 bits per heavy atom. The van der Waals surface area contributed by atoms with E-state index in [2.05, 4.69) is 20.1 Å². The summed E-state index contributed by atoms with van der Waals surface area (Å²) in [4.78, 5) is 12.7. The molecule has 0 aliphatic rings. The molecule has 0 aliphatic carbocycles. The second-order valence-corrected chi connectivity index (χ2v) is 4.42. The number of nitrogens with zero attached hydrogens (tertiary/aromatic N) is 5. The van der Waals surface area contributed by atoms with Crippen molar-refractivity contribution in [3.05, 3.63) is 30.9 Å². The quantitative estimate of drug-likeness (QED) is 0.554. The maximum absolute atomic E-state index is 5.94. The molecule has 0 atom stereocenters. The van der Waals surface area contributed by atoms with Gasteiger partial charge in [0.15, 0.2) is 11.5 Å². The van der Waals surface area contributed by atoms with Crippen molar-refractivity contribution in [3.63, 3.8) is 0 Å². The molecule has 18 heavy (non-hydrogen) atoms. The summed E-state index contributed by atoms with van der Waals surface area (Å²) in [6.45, 7) is 0. The predicted molar refractivity (Wildman–Crippen MR) is 70.2 cm³/mol. The highest BCUT2D eigenvalue weighted by Crippen LogP contribution is 2.28. The fourth-order valence-corrected chi connectivity index (χ4v) is 2.12. The van der Waals surface area contributed by atoms with Crippen LogP contribution in [0, 0.1) is 0 Å². The summed E-state index contributed by atoms with van der Waals surface area (Å²) in [6, 6.07) is 3.68. The zero-order valence-electron chi connectivity index (χ0n) is 9.61. The molecule has 0 bridgehead atoms. The Morgan fingerprint density at radius 1 is 1.28 bits per heavy atom. The Kier molecular flexibility index (Phi) is 2.60. The van der Waals surface area contributed by atoms with Crippen LogP contribution in [0.4, 0.5) is 5.82 Å². The molecule has 0 aromatic carbocycles. The van der Waals surface area contributed by atoms with E-state index in [4.69, 9.17) is 5.73 Å². The molecule has 0 saturated carbocycles. The van der Waals surface area contributed by atoms with Crippen LogP contribution in [0.15, 0.2) is 35.9 Å². The topological polar surface area (TPSA) is 82.0 Å². The van der Waals surface area contributed by atoms with E-state index in [1.165, 1.54) is 6.33 Å². The fourth-order valence-electron chi connectivity index (χ4n) is 1.74. The van der Waals surface area contributed by atoms with Gasteiger partial charge in [-0.1, -0.05) is 0 Å². The third kappa shape index (κ3) is 1.68.